The Morgan fingerprint density at radius 2 is 1.66 bits per heavy atom. The molecule has 7 nitrogen and oxygen atoms in total. The van der Waals surface area contributed by atoms with Crippen LogP contribution in [0.25, 0.3) is 0 Å². The van der Waals surface area contributed by atoms with Gasteiger partial charge in [0.15, 0.2) is 0 Å². The average Bonchev–Trinajstić information content (AvgIpc) is 2.98. The summed E-state index contributed by atoms with van der Waals surface area (Å²) in [6.07, 6.45) is 8.30. The lowest BCUT2D eigenvalue weighted by Gasteiger charge is -2.57. The zero-order chi connectivity index (χ0) is 23.3. The summed E-state index contributed by atoms with van der Waals surface area (Å²) in [7, 11) is 0. The number of fused-ring (bicyclic) bond motifs is 5. The molecule has 7 heteroatoms. The Morgan fingerprint density at radius 3 is 2.31 bits per heavy atom. The first-order chi connectivity index (χ1) is 15.0. The van der Waals surface area contributed by atoms with Crippen molar-refractivity contribution >= 4 is 23.6 Å². The number of carbonyl (C=O) groups is 3. The molecular formula is C25H35NO6. The van der Waals surface area contributed by atoms with Gasteiger partial charge in [0.25, 0.3) is 0 Å². The van der Waals surface area contributed by atoms with Gasteiger partial charge in [-0.1, -0.05) is 30.7 Å². The molecule has 0 radical (unpaired) electrons. The highest BCUT2D eigenvalue weighted by Gasteiger charge is 2.62. The molecule has 4 aliphatic carbocycles. The Morgan fingerprint density at radius 1 is 0.938 bits per heavy atom. The lowest BCUT2D eigenvalue weighted by molar-refractivity contribution is -0.153. The van der Waals surface area contributed by atoms with Gasteiger partial charge >= 0.3 is 17.9 Å². The number of oxime groups is 1. The van der Waals surface area contributed by atoms with Crippen molar-refractivity contribution in [3.63, 3.8) is 0 Å². The van der Waals surface area contributed by atoms with E-state index in [0.717, 1.165) is 38.5 Å². The minimum Gasteiger partial charge on any atom is -0.462 e. The molecule has 3 fully saturated rings. The van der Waals surface area contributed by atoms with E-state index in [0.29, 0.717) is 29.9 Å². The van der Waals surface area contributed by atoms with Gasteiger partial charge in [-0.05, 0) is 61.7 Å². The van der Waals surface area contributed by atoms with Gasteiger partial charge in [-0.25, -0.2) is 4.79 Å². The van der Waals surface area contributed by atoms with Crippen molar-refractivity contribution < 1.29 is 28.7 Å². The van der Waals surface area contributed by atoms with Gasteiger partial charge in [0.1, 0.15) is 12.2 Å². The first-order valence-corrected chi connectivity index (χ1v) is 11.8. The minimum atomic E-state index is -0.473. The molecule has 0 amide bonds. The molecule has 0 unspecified atom stereocenters. The summed E-state index contributed by atoms with van der Waals surface area (Å²) in [6.45, 7) is 8.82. The van der Waals surface area contributed by atoms with Crippen LogP contribution >= 0.6 is 0 Å². The van der Waals surface area contributed by atoms with Crippen molar-refractivity contribution in [2.24, 2.45) is 33.7 Å². The second kappa shape index (κ2) is 8.31. The van der Waals surface area contributed by atoms with Gasteiger partial charge in [0.05, 0.1) is 5.71 Å². The van der Waals surface area contributed by atoms with Gasteiger partial charge in [0.2, 0.25) is 0 Å². The van der Waals surface area contributed by atoms with Crippen LogP contribution in [0.2, 0.25) is 0 Å². The second-order valence-electron chi connectivity index (χ2n) is 10.6. The standard InChI is InChI=1S/C25H35NO6/c1-14(27)30-18-8-10-24(4)17(12-18)6-7-19-20(24)9-11-25(5)21(19)13-22(26-32-16(3)29)23(25)31-15(2)28/h6,18-21,23H,7-13H2,1-5H3/t18-,19+,20-,21-,23-,24-,25-/m0/s1. The summed E-state index contributed by atoms with van der Waals surface area (Å²) < 4.78 is 11.3. The van der Waals surface area contributed by atoms with E-state index >= 15 is 0 Å². The number of esters is 2. The van der Waals surface area contributed by atoms with E-state index in [2.05, 4.69) is 25.1 Å². The van der Waals surface area contributed by atoms with Crippen LogP contribution in [0.3, 0.4) is 0 Å². The van der Waals surface area contributed by atoms with Crippen LogP contribution in [0, 0.1) is 28.6 Å². The number of rotatable bonds is 3. The molecule has 176 valence electrons. The van der Waals surface area contributed by atoms with Gasteiger partial charge in [0, 0.05) is 32.6 Å². The predicted octanol–water partition coefficient (Wildman–Crippen LogP) is 4.34. The van der Waals surface area contributed by atoms with Crippen LogP contribution in [-0.4, -0.2) is 35.8 Å². The van der Waals surface area contributed by atoms with E-state index in [1.807, 2.05) is 0 Å². The number of hydrogen-bond donors (Lipinski definition) is 0. The molecule has 0 aromatic heterocycles. The van der Waals surface area contributed by atoms with Crippen LogP contribution in [0.4, 0.5) is 0 Å². The highest BCUT2D eigenvalue weighted by Crippen LogP contribution is 2.65. The summed E-state index contributed by atoms with van der Waals surface area (Å²) in [4.78, 5) is 39.7. The fraction of sp³-hybridized carbons (Fsp3) is 0.760. The third-order valence-corrected chi connectivity index (χ3v) is 8.73. The molecule has 0 heterocycles. The first-order valence-electron chi connectivity index (χ1n) is 11.8. The van der Waals surface area contributed by atoms with Crippen LogP contribution in [0.1, 0.15) is 79.6 Å². The van der Waals surface area contributed by atoms with Gasteiger partial charge in [-0.3, -0.25) is 9.59 Å². The van der Waals surface area contributed by atoms with Crippen molar-refractivity contribution in [3.8, 4) is 0 Å². The maximum absolute atomic E-state index is 11.9. The van der Waals surface area contributed by atoms with Crippen molar-refractivity contribution in [2.45, 2.75) is 91.8 Å². The summed E-state index contributed by atoms with van der Waals surface area (Å²) >= 11 is 0. The van der Waals surface area contributed by atoms with E-state index < -0.39 is 12.1 Å². The third-order valence-electron chi connectivity index (χ3n) is 8.73. The van der Waals surface area contributed by atoms with Gasteiger partial charge in [-0.15, -0.1) is 0 Å². The van der Waals surface area contributed by atoms with E-state index in [1.54, 1.807) is 0 Å². The van der Waals surface area contributed by atoms with Crippen molar-refractivity contribution in [3.05, 3.63) is 11.6 Å². The number of nitrogens with zero attached hydrogens (tertiary/aromatic N) is 1. The largest absolute Gasteiger partial charge is 0.462 e. The number of allylic oxidation sites excluding steroid dienone is 1. The SMILES string of the molecule is CC(=O)ON=C1C[C@H]2[C@@H]3CC=C4C[C@@H](OC(C)=O)CC[C@]4(C)[C@H]3CC[C@]2(C)[C@H]1OC(C)=O. The Kier molecular flexibility index (Phi) is 5.97. The van der Waals surface area contributed by atoms with Gasteiger partial charge < -0.3 is 14.3 Å². The van der Waals surface area contributed by atoms with E-state index in [-0.39, 0.29) is 28.9 Å². The van der Waals surface area contributed by atoms with Gasteiger partial charge in [-0.2, -0.15) is 0 Å². The number of hydrogen-bond acceptors (Lipinski definition) is 7. The monoisotopic (exact) mass is 445 g/mol. The smallest absolute Gasteiger partial charge is 0.331 e. The molecule has 0 bridgehead atoms. The van der Waals surface area contributed by atoms with Crippen molar-refractivity contribution in [1.82, 2.24) is 0 Å². The molecule has 0 aromatic rings. The van der Waals surface area contributed by atoms with E-state index in [1.165, 1.54) is 26.3 Å². The molecule has 4 aliphatic rings. The maximum Gasteiger partial charge on any atom is 0.331 e. The quantitative estimate of drug-likeness (QED) is 0.278. The zero-order valence-corrected chi connectivity index (χ0v) is 19.8. The molecule has 7 atom stereocenters. The fourth-order valence-corrected chi connectivity index (χ4v) is 7.31. The number of ether oxygens (including phenoxy) is 2. The van der Waals surface area contributed by atoms with Crippen LogP contribution in [0.5, 0.6) is 0 Å². The van der Waals surface area contributed by atoms with E-state index in [4.69, 9.17) is 14.3 Å². The summed E-state index contributed by atoms with van der Waals surface area (Å²) in [5.41, 5.74) is 1.99. The maximum atomic E-state index is 11.9. The van der Waals surface area contributed by atoms with Crippen molar-refractivity contribution in [1.29, 1.82) is 0 Å². The highest BCUT2D eigenvalue weighted by atomic mass is 16.7. The highest BCUT2D eigenvalue weighted by molar-refractivity contribution is 5.93. The Hall–Kier alpha value is -2.18. The second-order valence-corrected chi connectivity index (χ2v) is 10.6. The van der Waals surface area contributed by atoms with Crippen LogP contribution in [0.15, 0.2) is 16.8 Å². The molecule has 0 saturated heterocycles. The molecule has 4 rings (SSSR count). The minimum absolute atomic E-state index is 0.0143. The van der Waals surface area contributed by atoms with Crippen LogP contribution < -0.4 is 0 Å². The average molecular weight is 446 g/mol. The lowest BCUT2D eigenvalue weighted by atomic mass is 9.48. The third kappa shape index (κ3) is 3.88. The zero-order valence-electron chi connectivity index (χ0n) is 19.8. The summed E-state index contributed by atoms with van der Waals surface area (Å²) in [5, 5.41) is 4.13. The summed E-state index contributed by atoms with van der Waals surface area (Å²) in [6, 6.07) is 0. The number of carbonyl (C=O) groups excluding carboxylic acids is 3. The van der Waals surface area contributed by atoms with Crippen LogP contribution in [-0.2, 0) is 28.7 Å². The van der Waals surface area contributed by atoms with Crippen molar-refractivity contribution in [2.75, 3.05) is 0 Å². The Balaban J connectivity index is 1.62. The summed E-state index contributed by atoms with van der Waals surface area (Å²) in [5.74, 6) is 0.278. The molecule has 0 aromatic carbocycles. The predicted molar refractivity (Wildman–Crippen MR) is 117 cm³/mol. The lowest BCUT2D eigenvalue weighted by Crippen LogP contribution is -2.52. The first kappa shape index (κ1) is 23.0. The normalized spacial score (nSPS) is 41.6. The molecular weight excluding hydrogens is 410 g/mol. The molecule has 3 saturated carbocycles. The molecule has 0 aliphatic heterocycles. The molecule has 0 N–H and O–H groups in total. The molecule has 32 heavy (non-hydrogen) atoms. The topological polar surface area (TPSA) is 91.3 Å². The Labute approximate surface area is 189 Å². The molecule has 0 spiro atoms. The fourth-order valence-electron chi connectivity index (χ4n) is 7.31. The van der Waals surface area contributed by atoms with E-state index in [9.17, 15) is 14.4 Å². The Bertz CT molecular complexity index is 878.